The molecule has 0 atom stereocenters. The van der Waals surface area contributed by atoms with Gasteiger partial charge in [-0.1, -0.05) is 42.5 Å². The molecule has 1 rings (SSSR count). The van der Waals surface area contributed by atoms with Crippen molar-refractivity contribution in [3.8, 4) is 0 Å². The van der Waals surface area contributed by atoms with E-state index in [1.807, 2.05) is 43.3 Å². The summed E-state index contributed by atoms with van der Waals surface area (Å²) in [7, 11) is 0. The zero-order valence-electron chi connectivity index (χ0n) is 8.53. The number of rotatable bonds is 3. The van der Waals surface area contributed by atoms with E-state index in [1.54, 1.807) is 19.1 Å². The Morgan fingerprint density at radius 2 is 1.79 bits per heavy atom. The van der Waals surface area contributed by atoms with Crippen molar-refractivity contribution < 1.29 is 4.79 Å². The topological polar surface area (TPSA) is 17.1 Å². The minimum absolute atomic E-state index is 0.0714. The van der Waals surface area contributed by atoms with E-state index in [4.69, 9.17) is 0 Å². The number of hydrogen-bond donors (Lipinski definition) is 0. The van der Waals surface area contributed by atoms with Gasteiger partial charge in [0.25, 0.3) is 0 Å². The maximum Gasteiger partial charge on any atom is 0.152 e. The molecular formula is C13H14O. The first-order valence-electron chi connectivity index (χ1n) is 4.61. The molecule has 0 N–H and O–H groups in total. The lowest BCUT2D eigenvalue weighted by Gasteiger charge is -1.98. The monoisotopic (exact) mass is 186 g/mol. The first-order valence-corrected chi connectivity index (χ1v) is 4.61. The summed E-state index contributed by atoms with van der Waals surface area (Å²) >= 11 is 0. The van der Waals surface area contributed by atoms with Gasteiger partial charge in [-0.25, -0.2) is 0 Å². The Balaban J connectivity index is 2.75. The van der Waals surface area contributed by atoms with E-state index >= 15 is 0 Å². The molecule has 0 fully saturated rings. The van der Waals surface area contributed by atoms with E-state index in [2.05, 4.69) is 0 Å². The second-order valence-electron chi connectivity index (χ2n) is 3.19. The first kappa shape index (κ1) is 10.5. The number of hydrogen-bond acceptors (Lipinski definition) is 1. The zero-order valence-corrected chi connectivity index (χ0v) is 8.53. The molecule has 14 heavy (non-hydrogen) atoms. The lowest BCUT2D eigenvalue weighted by molar-refractivity contribution is -0.112. The van der Waals surface area contributed by atoms with Crippen molar-refractivity contribution in [3.63, 3.8) is 0 Å². The normalized spacial score (nSPS) is 12.0. The van der Waals surface area contributed by atoms with Crippen molar-refractivity contribution in [1.29, 1.82) is 0 Å². The highest BCUT2D eigenvalue weighted by atomic mass is 16.1. The van der Waals surface area contributed by atoms with Crippen LogP contribution in [0.3, 0.4) is 0 Å². The second kappa shape index (κ2) is 5.18. The van der Waals surface area contributed by atoms with Gasteiger partial charge in [-0.3, -0.25) is 4.79 Å². The highest BCUT2D eigenvalue weighted by Crippen LogP contribution is 2.12. The van der Waals surface area contributed by atoms with Gasteiger partial charge in [0.15, 0.2) is 5.78 Å². The van der Waals surface area contributed by atoms with Crippen LogP contribution in [0.1, 0.15) is 19.4 Å². The number of carbonyl (C=O) groups excluding carboxylic acids is 1. The van der Waals surface area contributed by atoms with Crippen LogP contribution in [0, 0.1) is 0 Å². The first-order chi connectivity index (χ1) is 6.70. The largest absolute Gasteiger partial charge is 0.295 e. The molecule has 0 spiro atoms. The molecule has 0 heterocycles. The Kier molecular flexibility index (Phi) is 3.86. The van der Waals surface area contributed by atoms with Gasteiger partial charge in [0.05, 0.1) is 0 Å². The predicted octanol–water partition coefficient (Wildman–Crippen LogP) is 3.24. The van der Waals surface area contributed by atoms with Crippen molar-refractivity contribution in [2.24, 2.45) is 0 Å². The number of ketones is 1. The molecular weight excluding hydrogens is 172 g/mol. The van der Waals surface area contributed by atoms with Crippen LogP contribution in [0.15, 0.2) is 48.6 Å². The lowest BCUT2D eigenvalue weighted by Crippen LogP contribution is -1.79. The number of carbonyl (C=O) groups is 1. The standard InChI is InChI=1S/C13H14O/c1-11(7-6-8-12(2)14)13-9-4-3-5-10-13/h3-10H,1-2H3/b8-6+,11-7-. The fourth-order valence-electron chi connectivity index (χ4n) is 1.13. The van der Waals surface area contributed by atoms with Crippen molar-refractivity contribution in [2.75, 3.05) is 0 Å². The van der Waals surface area contributed by atoms with Crippen LogP contribution in [0.25, 0.3) is 5.57 Å². The Labute approximate surface area is 84.8 Å². The maximum atomic E-state index is 10.6. The number of benzene rings is 1. The molecule has 1 nitrogen and oxygen atoms in total. The van der Waals surface area contributed by atoms with Crippen molar-refractivity contribution in [3.05, 3.63) is 54.1 Å². The van der Waals surface area contributed by atoms with Crippen molar-refractivity contribution in [2.45, 2.75) is 13.8 Å². The van der Waals surface area contributed by atoms with Crippen LogP contribution in [0.4, 0.5) is 0 Å². The third-order valence-corrected chi connectivity index (χ3v) is 1.91. The van der Waals surface area contributed by atoms with Crippen LogP contribution in [0.2, 0.25) is 0 Å². The minimum atomic E-state index is 0.0714. The molecule has 1 aromatic carbocycles. The Hall–Kier alpha value is -1.63. The summed E-state index contributed by atoms with van der Waals surface area (Å²) in [5, 5.41) is 0. The summed E-state index contributed by atoms with van der Waals surface area (Å²) in [4.78, 5) is 10.6. The van der Waals surface area contributed by atoms with Crippen LogP contribution < -0.4 is 0 Å². The average Bonchev–Trinajstić information content (AvgIpc) is 2.18. The smallest absolute Gasteiger partial charge is 0.152 e. The van der Waals surface area contributed by atoms with Gasteiger partial charge in [0.2, 0.25) is 0 Å². The predicted molar refractivity (Wildman–Crippen MR) is 59.9 cm³/mol. The van der Waals surface area contributed by atoms with Crippen LogP contribution in [-0.2, 0) is 4.79 Å². The Bertz CT molecular complexity index is 358. The van der Waals surface area contributed by atoms with Crippen LogP contribution in [0.5, 0.6) is 0 Å². The molecule has 0 aliphatic carbocycles. The second-order valence-corrected chi connectivity index (χ2v) is 3.19. The van der Waals surface area contributed by atoms with E-state index < -0.39 is 0 Å². The fourth-order valence-corrected chi connectivity index (χ4v) is 1.13. The molecule has 0 amide bonds. The Morgan fingerprint density at radius 3 is 2.36 bits per heavy atom. The van der Waals surface area contributed by atoms with Crippen LogP contribution >= 0.6 is 0 Å². The van der Waals surface area contributed by atoms with E-state index in [9.17, 15) is 4.79 Å². The number of allylic oxidation sites excluding steroid dienone is 4. The highest BCUT2D eigenvalue weighted by molar-refractivity contribution is 5.87. The summed E-state index contributed by atoms with van der Waals surface area (Å²) in [6, 6.07) is 10.1. The zero-order chi connectivity index (χ0) is 10.4. The molecule has 1 aromatic rings. The van der Waals surface area contributed by atoms with E-state index in [-0.39, 0.29) is 5.78 Å². The molecule has 0 aliphatic heterocycles. The maximum absolute atomic E-state index is 10.6. The van der Waals surface area contributed by atoms with E-state index in [0.717, 1.165) is 5.57 Å². The van der Waals surface area contributed by atoms with Gasteiger partial charge in [0.1, 0.15) is 0 Å². The molecule has 0 saturated carbocycles. The third kappa shape index (κ3) is 3.40. The summed E-state index contributed by atoms with van der Waals surface area (Å²) in [5.74, 6) is 0.0714. The Morgan fingerprint density at radius 1 is 1.14 bits per heavy atom. The molecule has 0 radical (unpaired) electrons. The highest BCUT2D eigenvalue weighted by Gasteiger charge is 1.90. The SMILES string of the molecule is CC(=O)/C=C/C=C(/C)c1ccccc1. The van der Waals surface area contributed by atoms with Gasteiger partial charge in [-0.2, -0.15) is 0 Å². The molecule has 0 aromatic heterocycles. The van der Waals surface area contributed by atoms with Gasteiger partial charge in [-0.15, -0.1) is 0 Å². The van der Waals surface area contributed by atoms with Crippen molar-refractivity contribution >= 4 is 11.4 Å². The molecule has 1 heteroatoms. The lowest BCUT2D eigenvalue weighted by atomic mass is 10.1. The molecule has 72 valence electrons. The molecule has 0 saturated heterocycles. The quantitative estimate of drug-likeness (QED) is 0.523. The van der Waals surface area contributed by atoms with Gasteiger partial charge < -0.3 is 0 Å². The summed E-state index contributed by atoms with van der Waals surface area (Å²) in [6.07, 6.45) is 5.29. The summed E-state index contributed by atoms with van der Waals surface area (Å²) in [5.41, 5.74) is 2.34. The van der Waals surface area contributed by atoms with Gasteiger partial charge in [0, 0.05) is 0 Å². The molecule has 0 bridgehead atoms. The summed E-state index contributed by atoms with van der Waals surface area (Å²) in [6.45, 7) is 3.57. The van der Waals surface area contributed by atoms with Crippen LogP contribution in [-0.4, -0.2) is 5.78 Å². The van der Waals surface area contributed by atoms with E-state index in [0.29, 0.717) is 0 Å². The molecule has 0 unspecified atom stereocenters. The van der Waals surface area contributed by atoms with Gasteiger partial charge >= 0.3 is 0 Å². The minimum Gasteiger partial charge on any atom is -0.295 e. The van der Waals surface area contributed by atoms with Gasteiger partial charge in [-0.05, 0) is 31.1 Å². The third-order valence-electron chi connectivity index (χ3n) is 1.91. The fraction of sp³-hybridized carbons (Fsp3) is 0.154. The van der Waals surface area contributed by atoms with Crippen molar-refractivity contribution in [1.82, 2.24) is 0 Å². The summed E-state index contributed by atoms with van der Waals surface area (Å²) < 4.78 is 0. The average molecular weight is 186 g/mol. The molecule has 0 aliphatic rings. The van der Waals surface area contributed by atoms with E-state index in [1.165, 1.54) is 5.56 Å².